The van der Waals surface area contributed by atoms with Gasteiger partial charge in [-0.3, -0.25) is 9.78 Å². The second kappa shape index (κ2) is 6.05. The van der Waals surface area contributed by atoms with Gasteiger partial charge in [0, 0.05) is 6.42 Å². The summed E-state index contributed by atoms with van der Waals surface area (Å²) in [6.45, 7) is 1.63. The van der Waals surface area contributed by atoms with E-state index in [0.717, 1.165) is 7.11 Å². The highest BCUT2D eigenvalue weighted by molar-refractivity contribution is 8.03. The van der Waals surface area contributed by atoms with E-state index in [4.69, 9.17) is 0 Å². The maximum atomic E-state index is 11.4. The summed E-state index contributed by atoms with van der Waals surface area (Å²) in [5.41, 5.74) is -1.51. The Morgan fingerprint density at radius 2 is 2.17 bits per heavy atom. The summed E-state index contributed by atoms with van der Waals surface area (Å²) in [6.07, 6.45) is 0.193. The van der Waals surface area contributed by atoms with E-state index in [1.54, 1.807) is 6.92 Å². The number of hydrogen-bond donors (Lipinski definition) is 3. The Bertz CT molecular complexity index is 588. The van der Waals surface area contributed by atoms with Crippen LogP contribution >= 0.6 is 11.8 Å². The van der Waals surface area contributed by atoms with Crippen molar-refractivity contribution < 1.29 is 14.6 Å². The molecule has 3 N–H and O–H groups in total. The first kappa shape index (κ1) is 14.0. The number of H-pyrrole nitrogens is 2. The summed E-state index contributed by atoms with van der Waals surface area (Å²) < 4.78 is 4.48. The van der Waals surface area contributed by atoms with Gasteiger partial charge in [-0.05, 0) is 0 Å². The number of aromatic nitrogens is 3. The number of carbonyl (C=O) groups is 1. The van der Waals surface area contributed by atoms with Crippen LogP contribution in [0.5, 0.6) is 0 Å². The number of carbonyl (C=O) groups excluding carboxylic acids is 1. The number of esters is 1. The molecular weight excluding hydrogens is 262 g/mol. The molecule has 18 heavy (non-hydrogen) atoms. The molecule has 0 aliphatic heterocycles. The van der Waals surface area contributed by atoms with Crippen LogP contribution in [-0.4, -0.2) is 33.4 Å². The minimum absolute atomic E-state index is 0.148. The van der Waals surface area contributed by atoms with Gasteiger partial charge < -0.3 is 9.84 Å². The lowest BCUT2D eigenvalue weighted by Crippen LogP contribution is -2.25. The van der Waals surface area contributed by atoms with Gasteiger partial charge in [-0.1, -0.05) is 18.7 Å². The highest BCUT2D eigenvalue weighted by atomic mass is 32.2. The molecule has 8 nitrogen and oxygen atoms in total. The predicted molar refractivity (Wildman–Crippen MR) is 63.3 cm³/mol. The third-order valence-corrected chi connectivity index (χ3v) is 2.92. The Morgan fingerprint density at radius 1 is 1.50 bits per heavy atom. The van der Waals surface area contributed by atoms with Crippen molar-refractivity contribution in [2.75, 3.05) is 7.11 Å². The number of aliphatic hydroxyl groups excluding tert-OH is 1. The first-order chi connectivity index (χ1) is 8.49. The molecular formula is C9H11N3O5S. The fraction of sp³-hybridized carbons (Fsp3) is 0.333. The zero-order chi connectivity index (χ0) is 13.7. The monoisotopic (exact) mass is 273 g/mol. The minimum Gasteiger partial charge on any atom is -0.511 e. The summed E-state index contributed by atoms with van der Waals surface area (Å²) in [7, 11) is 1.15. The van der Waals surface area contributed by atoms with Crippen molar-refractivity contribution in [3.63, 3.8) is 0 Å². The van der Waals surface area contributed by atoms with Crippen molar-refractivity contribution in [3.8, 4) is 0 Å². The van der Waals surface area contributed by atoms with Crippen LogP contribution in [0.4, 0.5) is 0 Å². The summed E-state index contributed by atoms with van der Waals surface area (Å²) in [4.78, 5) is 35.4. The number of hydrogen-bond acceptors (Lipinski definition) is 7. The summed E-state index contributed by atoms with van der Waals surface area (Å²) >= 11 is 0.619. The van der Waals surface area contributed by atoms with Crippen molar-refractivity contribution in [2.45, 2.75) is 18.4 Å². The Kier molecular flexibility index (Phi) is 4.72. The lowest BCUT2D eigenvalue weighted by Gasteiger charge is -2.05. The van der Waals surface area contributed by atoms with Crippen LogP contribution in [0.15, 0.2) is 25.3 Å². The topological polar surface area (TPSA) is 125 Å². The van der Waals surface area contributed by atoms with Crippen LogP contribution in [-0.2, 0) is 9.53 Å². The molecule has 1 heterocycles. The van der Waals surface area contributed by atoms with Gasteiger partial charge in [0.15, 0.2) is 5.03 Å². The first-order valence-electron chi connectivity index (χ1n) is 4.86. The molecule has 1 rings (SSSR count). The number of nitrogens with zero attached hydrogens (tertiary/aromatic N) is 1. The van der Waals surface area contributed by atoms with Crippen molar-refractivity contribution in [2.24, 2.45) is 0 Å². The van der Waals surface area contributed by atoms with Crippen LogP contribution in [0.3, 0.4) is 0 Å². The number of aliphatic hydroxyl groups is 1. The molecule has 0 atom stereocenters. The number of rotatable bonds is 4. The van der Waals surface area contributed by atoms with E-state index in [-0.39, 0.29) is 22.1 Å². The number of methoxy groups -OCH3 is 1. The van der Waals surface area contributed by atoms with Crippen LogP contribution in [0.25, 0.3) is 0 Å². The van der Waals surface area contributed by atoms with E-state index in [2.05, 4.69) is 9.84 Å². The van der Waals surface area contributed by atoms with E-state index in [9.17, 15) is 19.5 Å². The van der Waals surface area contributed by atoms with E-state index in [1.807, 2.05) is 10.1 Å². The third-order valence-electron chi connectivity index (χ3n) is 1.85. The van der Waals surface area contributed by atoms with E-state index >= 15 is 0 Å². The molecule has 98 valence electrons. The van der Waals surface area contributed by atoms with Crippen molar-refractivity contribution in [1.29, 1.82) is 0 Å². The number of allylic oxidation sites excluding steroid dienone is 1. The zero-order valence-corrected chi connectivity index (χ0v) is 10.5. The molecule has 0 spiro atoms. The second-order valence-electron chi connectivity index (χ2n) is 3.04. The molecule has 0 fully saturated rings. The lowest BCUT2D eigenvalue weighted by molar-refractivity contribution is -0.135. The van der Waals surface area contributed by atoms with Gasteiger partial charge in [-0.25, -0.2) is 14.7 Å². The fourth-order valence-electron chi connectivity index (χ4n) is 0.974. The van der Waals surface area contributed by atoms with Crippen LogP contribution in [0.1, 0.15) is 13.3 Å². The molecule has 0 bridgehead atoms. The van der Waals surface area contributed by atoms with E-state index in [0.29, 0.717) is 11.8 Å². The van der Waals surface area contributed by atoms with E-state index < -0.39 is 17.2 Å². The van der Waals surface area contributed by atoms with Crippen molar-refractivity contribution in [3.05, 3.63) is 31.5 Å². The lowest BCUT2D eigenvalue weighted by atomic mass is 10.3. The standard InChI is InChI=1S/C9H11N3O5S/c1-3-4(13)5(8(15)17-2)18-7-6(14)10-9(16)12-11-7/h13H,3H2,1-2H3,(H2,10,12,14,16)/b5-4+. The molecule has 0 unspecified atom stereocenters. The molecule has 0 saturated heterocycles. The van der Waals surface area contributed by atoms with Gasteiger partial charge in [-0.15, -0.1) is 0 Å². The van der Waals surface area contributed by atoms with Crippen LogP contribution in [0.2, 0.25) is 0 Å². The Hall–Kier alpha value is -2.03. The summed E-state index contributed by atoms with van der Waals surface area (Å²) in [6, 6.07) is 0. The minimum atomic E-state index is -0.785. The van der Waals surface area contributed by atoms with Gasteiger partial charge in [0.2, 0.25) is 0 Å². The number of nitrogens with one attached hydrogen (secondary N) is 2. The molecule has 0 aliphatic rings. The van der Waals surface area contributed by atoms with Gasteiger partial charge in [0.1, 0.15) is 10.7 Å². The maximum absolute atomic E-state index is 11.4. The first-order valence-corrected chi connectivity index (χ1v) is 5.68. The quantitative estimate of drug-likeness (QED) is 0.303. The molecule has 0 amide bonds. The average molecular weight is 273 g/mol. The number of ether oxygens (including phenoxy) is 1. The molecule has 0 aliphatic carbocycles. The average Bonchev–Trinajstić information content (AvgIpc) is 2.36. The van der Waals surface area contributed by atoms with Gasteiger partial charge in [0.05, 0.1) is 7.11 Å². The number of thioether (sulfide) groups is 1. The maximum Gasteiger partial charge on any atom is 0.348 e. The fourth-order valence-corrected chi connectivity index (χ4v) is 1.83. The molecule has 0 saturated carbocycles. The van der Waals surface area contributed by atoms with Gasteiger partial charge in [-0.2, -0.15) is 5.10 Å². The van der Waals surface area contributed by atoms with Crippen LogP contribution < -0.4 is 11.2 Å². The van der Waals surface area contributed by atoms with Gasteiger partial charge in [0.25, 0.3) is 5.56 Å². The molecule has 0 aromatic carbocycles. The Balaban J connectivity index is 3.16. The SMILES string of the molecule is CC/C(O)=C(\Sc1n[nH]c(=O)[nH]c1=O)C(=O)OC. The van der Waals surface area contributed by atoms with Gasteiger partial charge >= 0.3 is 11.7 Å². The Morgan fingerprint density at radius 3 is 2.67 bits per heavy atom. The largest absolute Gasteiger partial charge is 0.511 e. The summed E-state index contributed by atoms with van der Waals surface area (Å²) in [5.74, 6) is -1.01. The predicted octanol–water partition coefficient (Wildman–Crippen LogP) is -0.0971. The zero-order valence-electron chi connectivity index (χ0n) is 9.64. The van der Waals surface area contributed by atoms with Crippen molar-refractivity contribution in [1.82, 2.24) is 15.2 Å². The number of aromatic amines is 2. The summed E-state index contributed by atoms with van der Waals surface area (Å²) in [5, 5.41) is 14.9. The molecule has 1 aromatic rings. The normalized spacial score (nSPS) is 11.9. The molecule has 0 radical (unpaired) electrons. The second-order valence-corrected chi connectivity index (χ2v) is 4.03. The van der Waals surface area contributed by atoms with E-state index in [1.165, 1.54) is 0 Å². The highest BCUT2D eigenvalue weighted by Crippen LogP contribution is 2.25. The molecule has 9 heteroatoms. The Labute approximate surface area is 105 Å². The third kappa shape index (κ3) is 3.23. The molecule has 1 aromatic heterocycles. The smallest absolute Gasteiger partial charge is 0.348 e. The highest BCUT2D eigenvalue weighted by Gasteiger charge is 2.19. The van der Waals surface area contributed by atoms with Crippen molar-refractivity contribution >= 4 is 17.7 Å². The van der Waals surface area contributed by atoms with Crippen LogP contribution in [0, 0.1) is 0 Å².